The third-order valence-electron chi connectivity index (χ3n) is 4.16. The molecule has 1 aliphatic rings. The van der Waals surface area contributed by atoms with E-state index in [0.29, 0.717) is 12.5 Å². The van der Waals surface area contributed by atoms with Crippen molar-refractivity contribution >= 4 is 15.7 Å². The van der Waals surface area contributed by atoms with Gasteiger partial charge in [0.05, 0.1) is 5.69 Å². The average molecular weight is 297 g/mol. The number of nitrogens with zero attached hydrogens (tertiary/aromatic N) is 1. The lowest BCUT2D eigenvalue weighted by Crippen LogP contribution is -2.32. The van der Waals surface area contributed by atoms with Crippen LogP contribution in [-0.2, 0) is 10.0 Å². The number of anilines is 1. The lowest BCUT2D eigenvalue weighted by molar-refractivity contribution is 0.270. The van der Waals surface area contributed by atoms with Gasteiger partial charge in [0.15, 0.2) is 5.03 Å². The SMILES string of the molecule is CCC1CCC(CNS(=O)(=O)c2ncccc2N)CC1. The summed E-state index contributed by atoms with van der Waals surface area (Å²) in [6, 6.07) is 3.17. The van der Waals surface area contributed by atoms with Gasteiger partial charge in [0, 0.05) is 12.7 Å². The van der Waals surface area contributed by atoms with E-state index in [1.165, 1.54) is 25.5 Å². The molecule has 5 nitrogen and oxygen atoms in total. The van der Waals surface area contributed by atoms with Crippen LogP contribution in [0.4, 0.5) is 5.69 Å². The molecule has 0 atom stereocenters. The van der Waals surface area contributed by atoms with Crippen molar-refractivity contribution < 1.29 is 8.42 Å². The molecular formula is C14H23N3O2S. The maximum Gasteiger partial charge on any atom is 0.260 e. The molecule has 0 radical (unpaired) electrons. The van der Waals surface area contributed by atoms with Crippen LogP contribution in [0.25, 0.3) is 0 Å². The maximum atomic E-state index is 12.2. The molecule has 2 rings (SSSR count). The average Bonchev–Trinajstić information content (AvgIpc) is 2.46. The fourth-order valence-corrected chi connectivity index (χ4v) is 3.94. The highest BCUT2D eigenvalue weighted by Gasteiger charge is 2.23. The summed E-state index contributed by atoms with van der Waals surface area (Å²) >= 11 is 0. The van der Waals surface area contributed by atoms with Crippen LogP contribution in [0, 0.1) is 11.8 Å². The minimum atomic E-state index is -3.60. The summed E-state index contributed by atoms with van der Waals surface area (Å²) in [5, 5.41) is -0.0674. The highest BCUT2D eigenvalue weighted by atomic mass is 32.2. The number of hydrogen-bond donors (Lipinski definition) is 2. The van der Waals surface area contributed by atoms with Gasteiger partial charge in [-0.3, -0.25) is 0 Å². The summed E-state index contributed by atoms with van der Waals surface area (Å²) < 4.78 is 27.0. The summed E-state index contributed by atoms with van der Waals surface area (Å²) in [5.74, 6) is 1.24. The van der Waals surface area contributed by atoms with Gasteiger partial charge in [0.1, 0.15) is 0 Å². The topological polar surface area (TPSA) is 85.1 Å². The minimum Gasteiger partial charge on any atom is -0.396 e. The summed E-state index contributed by atoms with van der Waals surface area (Å²) in [4.78, 5) is 3.86. The van der Waals surface area contributed by atoms with E-state index in [9.17, 15) is 8.42 Å². The molecule has 6 heteroatoms. The van der Waals surface area contributed by atoms with Crippen molar-refractivity contribution in [3.8, 4) is 0 Å². The van der Waals surface area contributed by atoms with Crippen LogP contribution in [0.1, 0.15) is 39.0 Å². The summed E-state index contributed by atoms with van der Waals surface area (Å²) in [5.41, 5.74) is 5.86. The zero-order chi connectivity index (χ0) is 14.6. The number of aromatic nitrogens is 1. The molecule has 0 amide bonds. The van der Waals surface area contributed by atoms with Gasteiger partial charge < -0.3 is 5.73 Å². The summed E-state index contributed by atoms with van der Waals surface area (Å²) in [7, 11) is -3.60. The van der Waals surface area contributed by atoms with Gasteiger partial charge in [-0.1, -0.05) is 26.2 Å². The molecule has 0 unspecified atom stereocenters. The highest BCUT2D eigenvalue weighted by molar-refractivity contribution is 7.89. The number of rotatable bonds is 5. The number of pyridine rings is 1. The van der Waals surface area contributed by atoms with Crippen molar-refractivity contribution in [2.24, 2.45) is 11.8 Å². The standard InChI is InChI=1S/C14H23N3O2S/c1-2-11-5-7-12(8-6-11)10-17-20(18,19)14-13(15)4-3-9-16-14/h3-4,9,11-12,17H,2,5-8,10,15H2,1H3. The predicted molar refractivity (Wildman–Crippen MR) is 79.6 cm³/mol. The lowest BCUT2D eigenvalue weighted by atomic mass is 9.81. The van der Waals surface area contributed by atoms with Crippen molar-refractivity contribution in [3.05, 3.63) is 18.3 Å². The summed E-state index contributed by atoms with van der Waals surface area (Å²) in [6.45, 7) is 2.70. The Balaban J connectivity index is 1.92. The molecule has 0 spiro atoms. The Morgan fingerprint density at radius 3 is 2.55 bits per heavy atom. The molecular weight excluding hydrogens is 274 g/mol. The first-order valence-electron chi connectivity index (χ1n) is 7.23. The first-order valence-corrected chi connectivity index (χ1v) is 8.71. The smallest absolute Gasteiger partial charge is 0.260 e. The van der Waals surface area contributed by atoms with Crippen LogP contribution in [-0.4, -0.2) is 19.9 Å². The van der Waals surface area contributed by atoms with Gasteiger partial charge in [0.25, 0.3) is 10.0 Å². The molecule has 1 heterocycles. The molecule has 1 aromatic heterocycles. The lowest BCUT2D eigenvalue weighted by Gasteiger charge is -2.27. The predicted octanol–water partition coefficient (Wildman–Crippen LogP) is 2.16. The molecule has 1 aliphatic carbocycles. The second-order valence-electron chi connectivity index (χ2n) is 5.54. The first-order chi connectivity index (χ1) is 9.53. The molecule has 20 heavy (non-hydrogen) atoms. The van der Waals surface area contributed by atoms with E-state index in [2.05, 4.69) is 16.6 Å². The number of sulfonamides is 1. The zero-order valence-corrected chi connectivity index (χ0v) is 12.7. The van der Waals surface area contributed by atoms with Gasteiger partial charge in [-0.05, 0) is 36.8 Å². The minimum absolute atomic E-state index is 0.0674. The fourth-order valence-electron chi connectivity index (χ4n) is 2.77. The summed E-state index contributed by atoms with van der Waals surface area (Å²) in [6.07, 6.45) is 7.26. The van der Waals surface area contributed by atoms with Crippen molar-refractivity contribution in [2.75, 3.05) is 12.3 Å². The van der Waals surface area contributed by atoms with E-state index in [1.807, 2.05) is 0 Å². The normalized spacial score (nSPS) is 23.6. The Morgan fingerprint density at radius 2 is 1.95 bits per heavy atom. The molecule has 0 saturated heterocycles. The number of hydrogen-bond acceptors (Lipinski definition) is 4. The third kappa shape index (κ3) is 3.70. The van der Waals surface area contributed by atoms with Crippen LogP contribution in [0.5, 0.6) is 0 Å². The zero-order valence-electron chi connectivity index (χ0n) is 11.9. The Labute approximate surface area is 121 Å². The van der Waals surface area contributed by atoms with Crippen LogP contribution >= 0.6 is 0 Å². The molecule has 112 valence electrons. The Bertz CT molecular complexity index is 537. The van der Waals surface area contributed by atoms with Gasteiger partial charge >= 0.3 is 0 Å². The van der Waals surface area contributed by atoms with E-state index in [-0.39, 0.29) is 10.7 Å². The number of nitrogens with two attached hydrogens (primary N) is 1. The van der Waals surface area contributed by atoms with E-state index in [0.717, 1.165) is 18.8 Å². The van der Waals surface area contributed by atoms with E-state index >= 15 is 0 Å². The quantitative estimate of drug-likeness (QED) is 0.872. The Hall–Kier alpha value is -1.14. The van der Waals surface area contributed by atoms with Gasteiger partial charge in [0.2, 0.25) is 0 Å². The molecule has 0 aliphatic heterocycles. The molecule has 1 saturated carbocycles. The second kappa shape index (κ2) is 6.54. The number of nitrogens with one attached hydrogen (secondary N) is 1. The Kier molecular flexibility index (Phi) is 4.99. The van der Waals surface area contributed by atoms with Crippen LogP contribution < -0.4 is 10.5 Å². The molecule has 0 aromatic carbocycles. The highest BCUT2D eigenvalue weighted by Crippen LogP contribution is 2.30. The van der Waals surface area contributed by atoms with Crippen LogP contribution in [0.2, 0.25) is 0 Å². The van der Waals surface area contributed by atoms with E-state index in [4.69, 9.17) is 5.73 Å². The van der Waals surface area contributed by atoms with E-state index in [1.54, 1.807) is 12.1 Å². The van der Waals surface area contributed by atoms with Gasteiger partial charge in [-0.2, -0.15) is 0 Å². The van der Waals surface area contributed by atoms with Crippen molar-refractivity contribution in [2.45, 2.75) is 44.1 Å². The van der Waals surface area contributed by atoms with Crippen LogP contribution in [0.15, 0.2) is 23.4 Å². The van der Waals surface area contributed by atoms with E-state index < -0.39 is 10.0 Å². The van der Waals surface area contributed by atoms with Crippen LogP contribution in [0.3, 0.4) is 0 Å². The monoisotopic (exact) mass is 297 g/mol. The third-order valence-corrected chi connectivity index (χ3v) is 5.56. The molecule has 0 bridgehead atoms. The van der Waals surface area contributed by atoms with Crippen molar-refractivity contribution in [1.82, 2.24) is 9.71 Å². The largest absolute Gasteiger partial charge is 0.396 e. The van der Waals surface area contributed by atoms with Crippen molar-refractivity contribution in [3.63, 3.8) is 0 Å². The molecule has 1 aromatic rings. The maximum absolute atomic E-state index is 12.2. The first kappa shape index (κ1) is 15.3. The fraction of sp³-hybridized carbons (Fsp3) is 0.643. The second-order valence-corrected chi connectivity index (χ2v) is 7.23. The number of nitrogen functional groups attached to an aromatic ring is 1. The molecule has 3 N–H and O–H groups in total. The van der Waals surface area contributed by atoms with Crippen molar-refractivity contribution in [1.29, 1.82) is 0 Å². The Morgan fingerprint density at radius 1 is 1.30 bits per heavy atom. The van der Waals surface area contributed by atoms with Gasteiger partial charge in [-0.25, -0.2) is 18.1 Å². The molecule has 1 fully saturated rings. The van der Waals surface area contributed by atoms with Gasteiger partial charge in [-0.15, -0.1) is 0 Å².